The highest BCUT2D eigenvalue weighted by Gasteiger charge is 2.54. The van der Waals surface area contributed by atoms with Crippen LogP contribution in [0.25, 0.3) is 5.69 Å². The van der Waals surface area contributed by atoms with Gasteiger partial charge in [-0.25, -0.2) is 23.5 Å². The third-order valence-electron chi connectivity index (χ3n) is 6.24. The lowest BCUT2D eigenvalue weighted by atomic mass is 9.60. The summed E-state index contributed by atoms with van der Waals surface area (Å²) in [7, 11) is 0. The van der Waals surface area contributed by atoms with Gasteiger partial charge in [0.15, 0.2) is 0 Å². The highest BCUT2D eigenvalue weighted by molar-refractivity contribution is 5.76. The minimum Gasteiger partial charge on any atom is -0.245 e. The van der Waals surface area contributed by atoms with Crippen molar-refractivity contribution < 1.29 is 0 Å². The van der Waals surface area contributed by atoms with Crippen molar-refractivity contribution in [2.45, 2.75) is 66.5 Å². The summed E-state index contributed by atoms with van der Waals surface area (Å²) in [6.45, 7) is 16.6. The minimum atomic E-state index is -0.632. The molecule has 5 heteroatoms. The summed E-state index contributed by atoms with van der Waals surface area (Å²) in [4.78, 5) is 27.1. The highest BCUT2D eigenvalue weighted by Crippen LogP contribution is 2.57. The van der Waals surface area contributed by atoms with Gasteiger partial charge in [-0.1, -0.05) is 29.3 Å². The van der Waals surface area contributed by atoms with Gasteiger partial charge in [0.1, 0.15) is 0 Å². The van der Waals surface area contributed by atoms with Crippen molar-refractivity contribution in [1.29, 1.82) is 0 Å². The molecule has 4 rings (SSSR count). The molecule has 1 aromatic heterocycles. The Morgan fingerprint density at radius 1 is 0.690 bits per heavy atom. The van der Waals surface area contributed by atoms with Crippen LogP contribution in [0.5, 0.6) is 0 Å². The van der Waals surface area contributed by atoms with Crippen LogP contribution in [-0.2, 0) is 11.1 Å². The van der Waals surface area contributed by atoms with E-state index in [2.05, 4.69) is 27.7 Å². The maximum Gasteiger partial charge on any atom is 0.352 e. The molecule has 0 saturated heterocycles. The summed E-state index contributed by atoms with van der Waals surface area (Å²) in [6.07, 6.45) is 0. The van der Waals surface area contributed by atoms with Gasteiger partial charge in [0.2, 0.25) is 0 Å². The molecule has 152 valence electrons. The largest absolute Gasteiger partial charge is 0.352 e. The maximum atomic E-state index is 13.6. The number of allylic oxidation sites excluding steroid dienone is 6. The van der Waals surface area contributed by atoms with Crippen LogP contribution in [0.2, 0.25) is 0 Å². The predicted octanol–water partition coefficient (Wildman–Crippen LogP) is 4.27. The molecule has 0 N–H and O–H groups in total. The lowest BCUT2D eigenvalue weighted by Gasteiger charge is -2.53. The van der Waals surface area contributed by atoms with E-state index in [-0.39, 0.29) is 11.4 Å². The smallest absolute Gasteiger partial charge is 0.245 e. The van der Waals surface area contributed by atoms with Crippen LogP contribution >= 0.6 is 0 Å². The van der Waals surface area contributed by atoms with Gasteiger partial charge >= 0.3 is 11.4 Å². The van der Waals surface area contributed by atoms with E-state index in [1.54, 1.807) is 21.5 Å². The second kappa shape index (κ2) is 5.85. The molecule has 1 aliphatic heterocycles. The average Bonchev–Trinajstić information content (AvgIpc) is 2.84. The molecule has 5 nitrogen and oxygen atoms in total. The minimum absolute atomic E-state index is 0.301. The van der Waals surface area contributed by atoms with Crippen LogP contribution in [0.15, 0.2) is 73.4 Å². The van der Waals surface area contributed by atoms with Gasteiger partial charge < -0.3 is 0 Å². The van der Waals surface area contributed by atoms with Crippen molar-refractivity contribution in [1.82, 2.24) is 13.9 Å². The Bertz CT molecular complexity index is 1170. The van der Waals surface area contributed by atoms with E-state index in [9.17, 15) is 9.59 Å². The first-order valence-electron chi connectivity index (χ1n) is 10.1. The normalized spacial score (nSPS) is 18.9. The molecule has 0 atom stereocenters. The van der Waals surface area contributed by atoms with Crippen molar-refractivity contribution in [3.05, 3.63) is 84.7 Å². The zero-order valence-corrected chi connectivity index (χ0v) is 18.5. The fourth-order valence-electron chi connectivity index (χ4n) is 5.09. The summed E-state index contributed by atoms with van der Waals surface area (Å²) in [5, 5.41) is 0. The van der Waals surface area contributed by atoms with E-state index in [1.165, 1.54) is 38.0 Å². The molecular weight excluding hydrogens is 362 g/mol. The van der Waals surface area contributed by atoms with Gasteiger partial charge in [-0.15, -0.1) is 0 Å². The van der Waals surface area contributed by atoms with Gasteiger partial charge in [-0.05, 0) is 89.8 Å². The molecule has 2 heterocycles. The number of para-hydroxylation sites is 1. The van der Waals surface area contributed by atoms with Gasteiger partial charge in [-0.3, -0.25) is 0 Å². The molecule has 1 aromatic carbocycles. The van der Waals surface area contributed by atoms with Crippen LogP contribution in [0.1, 0.15) is 55.4 Å². The number of rotatable bonds is 1. The van der Waals surface area contributed by atoms with E-state index >= 15 is 0 Å². The fourth-order valence-corrected chi connectivity index (χ4v) is 5.09. The molecule has 2 aromatic rings. The number of nitrogens with zero attached hydrogens (tertiary/aromatic N) is 3. The van der Waals surface area contributed by atoms with E-state index in [1.807, 2.05) is 45.9 Å². The number of benzene rings is 1. The zero-order valence-electron chi connectivity index (χ0n) is 18.5. The Balaban J connectivity index is 2.15. The lowest BCUT2D eigenvalue weighted by molar-refractivity contribution is 0.194. The van der Waals surface area contributed by atoms with Crippen molar-refractivity contribution >= 4 is 0 Å². The van der Waals surface area contributed by atoms with Crippen LogP contribution in [0.4, 0.5) is 0 Å². The standard InChI is InChI=1S/C24H29N3O2/c1-14(2)17-18(15(3)4)20-19(17)23(5,6)26-21(28)25(16-12-10-9-11-13-16)22(29)27(26)24(20,7)8/h9-13H,1-8H3. The maximum absolute atomic E-state index is 13.6. The summed E-state index contributed by atoms with van der Waals surface area (Å²) in [5.74, 6) is 0. The topological polar surface area (TPSA) is 48.9 Å². The molecule has 0 spiro atoms. The number of aromatic nitrogens is 3. The van der Waals surface area contributed by atoms with Crippen LogP contribution in [0.3, 0.4) is 0 Å². The first-order valence-corrected chi connectivity index (χ1v) is 10.1. The number of fused-ring (bicyclic) bond motifs is 1. The summed E-state index contributed by atoms with van der Waals surface area (Å²) >= 11 is 0. The molecule has 0 unspecified atom stereocenters. The van der Waals surface area contributed by atoms with E-state index in [0.29, 0.717) is 5.69 Å². The SMILES string of the molecule is CC(C)=C1C(=C(C)C)C2=C1C(C)(C)n1c(=O)n(-c3ccccc3)c(=O)n1C2(C)C. The van der Waals surface area contributed by atoms with Gasteiger partial charge in [-0.2, -0.15) is 0 Å². The molecule has 29 heavy (non-hydrogen) atoms. The lowest BCUT2D eigenvalue weighted by Crippen LogP contribution is -2.57. The second-order valence-corrected chi connectivity index (χ2v) is 9.48. The molecule has 0 amide bonds. The van der Waals surface area contributed by atoms with Crippen molar-refractivity contribution in [3.8, 4) is 5.69 Å². The molecular formula is C24H29N3O2. The Morgan fingerprint density at radius 2 is 1.07 bits per heavy atom. The quantitative estimate of drug-likeness (QED) is 0.729. The Hall–Kier alpha value is -2.82. The van der Waals surface area contributed by atoms with Crippen LogP contribution in [0, 0.1) is 0 Å². The molecule has 0 saturated carbocycles. The van der Waals surface area contributed by atoms with Crippen molar-refractivity contribution in [3.63, 3.8) is 0 Å². The summed E-state index contributed by atoms with van der Waals surface area (Å²) < 4.78 is 4.61. The summed E-state index contributed by atoms with van der Waals surface area (Å²) in [5.41, 5.74) is 6.00. The van der Waals surface area contributed by atoms with Gasteiger partial charge in [0, 0.05) is 0 Å². The second-order valence-electron chi connectivity index (χ2n) is 9.48. The van der Waals surface area contributed by atoms with Crippen molar-refractivity contribution in [2.24, 2.45) is 0 Å². The average molecular weight is 392 g/mol. The van der Waals surface area contributed by atoms with E-state index in [4.69, 9.17) is 0 Å². The van der Waals surface area contributed by atoms with Crippen molar-refractivity contribution in [2.75, 3.05) is 0 Å². The van der Waals surface area contributed by atoms with Crippen LogP contribution < -0.4 is 11.4 Å². The monoisotopic (exact) mass is 391 g/mol. The Labute approximate surface area is 171 Å². The van der Waals surface area contributed by atoms with E-state index < -0.39 is 11.1 Å². The van der Waals surface area contributed by atoms with Gasteiger partial charge in [0.25, 0.3) is 0 Å². The van der Waals surface area contributed by atoms with E-state index in [0.717, 1.165) is 0 Å². The number of hydrogen-bond donors (Lipinski definition) is 0. The number of hydrogen-bond acceptors (Lipinski definition) is 2. The first-order chi connectivity index (χ1) is 13.4. The molecule has 1 aliphatic carbocycles. The molecule has 2 aliphatic rings. The predicted molar refractivity (Wildman–Crippen MR) is 117 cm³/mol. The molecule has 0 radical (unpaired) electrons. The fraction of sp³-hybridized carbons (Fsp3) is 0.417. The molecule has 0 bridgehead atoms. The summed E-state index contributed by atoms with van der Waals surface area (Å²) in [6, 6.07) is 9.16. The molecule has 0 fully saturated rings. The Kier molecular flexibility index (Phi) is 3.93. The third kappa shape index (κ3) is 2.27. The first kappa shape index (κ1) is 19.5. The van der Waals surface area contributed by atoms with Crippen LogP contribution in [-0.4, -0.2) is 13.9 Å². The highest BCUT2D eigenvalue weighted by atomic mass is 16.2. The zero-order chi connectivity index (χ0) is 21.5. The third-order valence-corrected chi connectivity index (χ3v) is 6.24. The Morgan fingerprint density at radius 3 is 1.41 bits per heavy atom. The van der Waals surface area contributed by atoms with Gasteiger partial charge in [0.05, 0.1) is 16.8 Å².